The monoisotopic (exact) mass is 272 g/mol. The summed E-state index contributed by atoms with van der Waals surface area (Å²) in [7, 11) is 0. The number of hydrogen-bond acceptors (Lipinski definition) is 4. The molecule has 2 aliphatic rings. The maximum atomic E-state index is 11.2. The van der Waals surface area contributed by atoms with Gasteiger partial charge in [0, 0.05) is 18.7 Å². The molecule has 0 amide bonds. The van der Waals surface area contributed by atoms with E-state index >= 15 is 0 Å². The summed E-state index contributed by atoms with van der Waals surface area (Å²) in [5.74, 6) is 0.996. The molecule has 0 unspecified atom stereocenters. The maximum absolute atomic E-state index is 11.2. The number of rotatable bonds is 5. The average molecular weight is 272 g/mol. The summed E-state index contributed by atoms with van der Waals surface area (Å²) in [5.41, 5.74) is 2.19. The second-order valence-electron chi connectivity index (χ2n) is 5.11. The highest BCUT2D eigenvalue weighted by molar-refractivity contribution is 5.40. The molecule has 2 aliphatic carbocycles. The highest BCUT2D eigenvalue weighted by atomic mass is 16.6. The molecule has 1 aromatic heterocycles. The van der Waals surface area contributed by atoms with Crippen molar-refractivity contribution in [1.82, 2.24) is 4.98 Å². The van der Waals surface area contributed by atoms with Crippen molar-refractivity contribution >= 4 is 0 Å². The van der Waals surface area contributed by atoms with Crippen LogP contribution in [0.15, 0.2) is 47.3 Å². The lowest BCUT2D eigenvalue weighted by molar-refractivity contribution is -0.429. The minimum atomic E-state index is -0.257. The first-order valence-electron chi connectivity index (χ1n) is 6.86. The van der Waals surface area contributed by atoms with E-state index in [-0.39, 0.29) is 11.5 Å². The van der Waals surface area contributed by atoms with Crippen LogP contribution in [0.5, 0.6) is 5.88 Å². The first kappa shape index (κ1) is 12.8. The molecule has 0 spiro atoms. The zero-order valence-electron chi connectivity index (χ0n) is 11.1. The number of hydrogen-bond donors (Lipinski definition) is 0. The van der Waals surface area contributed by atoms with Gasteiger partial charge in [0.25, 0.3) is 5.70 Å². The third kappa shape index (κ3) is 2.71. The van der Waals surface area contributed by atoms with Crippen LogP contribution in [0.3, 0.4) is 0 Å². The normalized spacial score (nSPS) is 18.7. The minimum absolute atomic E-state index is 0.232. The van der Waals surface area contributed by atoms with Crippen LogP contribution < -0.4 is 4.74 Å². The Morgan fingerprint density at radius 1 is 1.40 bits per heavy atom. The van der Waals surface area contributed by atoms with Gasteiger partial charge >= 0.3 is 0 Å². The second kappa shape index (κ2) is 5.45. The lowest BCUT2D eigenvalue weighted by atomic mass is 9.92. The van der Waals surface area contributed by atoms with Gasteiger partial charge in [-0.15, -0.1) is 0 Å². The van der Waals surface area contributed by atoms with Crippen molar-refractivity contribution in [2.75, 3.05) is 6.61 Å². The summed E-state index contributed by atoms with van der Waals surface area (Å²) in [5, 5.41) is 11.2. The first-order valence-corrected chi connectivity index (χ1v) is 6.86. The van der Waals surface area contributed by atoms with Gasteiger partial charge in [-0.05, 0) is 36.8 Å². The van der Waals surface area contributed by atoms with Gasteiger partial charge in [-0.3, -0.25) is 10.1 Å². The predicted octanol–water partition coefficient (Wildman–Crippen LogP) is 3.12. The van der Waals surface area contributed by atoms with E-state index < -0.39 is 0 Å². The molecule has 1 aromatic rings. The van der Waals surface area contributed by atoms with E-state index in [0.717, 1.165) is 30.4 Å². The van der Waals surface area contributed by atoms with Crippen LogP contribution in [0.2, 0.25) is 0 Å². The fourth-order valence-electron chi connectivity index (χ4n) is 2.56. The molecule has 0 saturated heterocycles. The SMILES string of the molecule is O=[N+]([O-])C1=C(COc2ccccn2)C(C2CC2)=CCC1. The van der Waals surface area contributed by atoms with Crippen molar-refractivity contribution in [3.63, 3.8) is 0 Å². The quantitative estimate of drug-likeness (QED) is 0.610. The summed E-state index contributed by atoms with van der Waals surface area (Å²) in [6.07, 6.45) is 7.30. The molecule has 5 heteroatoms. The molecular formula is C15H16N2O3. The predicted molar refractivity (Wildman–Crippen MR) is 73.8 cm³/mol. The van der Waals surface area contributed by atoms with Gasteiger partial charge in [0.05, 0.1) is 10.5 Å². The molecule has 3 rings (SSSR count). The Morgan fingerprint density at radius 3 is 2.90 bits per heavy atom. The molecule has 0 atom stereocenters. The third-order valence-corrected chi connectivity index (χ3v) is 3.68. The lowest BCUT2D eigenvalue weighted by Gasteiger charge is -2.17. The summed E-state index contributed by atoms with van der Waals surface area (Å²) < 4.78 is 5.62. The van der Waals surface area contributed by atoms with Crippen LogP contribution in [0.4, 0.5) is 0 Å². The van der Waals surface area contributed by atoms with E-state index in [1.165, 1.54) is 0 Å². The van der Waals surface area contributed by atoms with Crippen molar-refractivity contribution in [3.05, 3.63) is 57.4 Å². The summed E-state index contributed by atoms with van der Waals surface area (Å²) in [4.78, 5) is 15.0. The van der Waals surface area contributed by atoms with Gasteiger partial charge in [-0.2, -0.15) is 0 Å². The first-order chi connectivity index (χ1) is 9.75. The van der Waals surface area contributed by atoms with Gasteiger partial charge in [0.15, 0.2) is 0 Å². The Balaban J connectivity index is 1.81. The largest absolute Gasteiger partial charge is 0.473 e. The third-order valence-electron chi connectivity index (χ3n) is 3.68. The van der Waals surface area contributed by atoms with Crippen molar-refractivity contribution in [2.45, 2.75) is 25.7 Å². The van der Waals surface area contributed by atoms with Gasteiger partial charge < -0.3 is 4.74 Å². The van der Waals surface area contributed by atoms with Crippen LogP contribution in [-0.2, 0) is 0 Å². The van der Waals surface area contributed by atoms with Crippen LogP contribution in [0, 0.1) is 16.0 Å². The fraction of sp³-hybridized carbons (Fsp3) is 0.400. The Kier molecular flexibility index (Phi) is 3.50. The molecule has 1 saturated carbocycles. The molecule has 0 aromatic carbocycles. The average Bonchev–Trinajstić information content (AvgIpc) is 3.30. The second-order valence-corrected chi connectivity index (χ2v) is 5.11. The number of ether oxygens (including phenoxy) is 1. The van der Waals surface area contributed by atoms with E-state index in [0.29, 0.717) is 23.9 Å². The van der Waals surface area contributed by atoms with Crippen LogP contribution >= 0.6 is 0 Å². The molecule has 104 valence electrons. The number of nitrogens with zero attached hydrogens (tertiary/aromatic N) is 2. The number of allylic oxidation sites excluding steroid dienone is 2. The van der Waals surface area contributed by atoms with Gasteiger partial charge in [-0.25, -0.2) is 4.98 Å². The molecule has 1 fully saturated rings. The van der Waals surface area contributed by atoms with E-state index in [1.807, 2.05) is 12.1 Å². The Labute approximate surface area is 117 Å². The van der Waals surface area contributed by atoms with E-state index in [9.17, 15) is 10.1 Å². The van der Waals surface area contributed by atoms with Crippen molar-refractivity contribution < 1.29 is 9.66 Å². The van der Waals surface area contributed by atoms with Gasteiger partial charge in [-0.1, -0.05) is 12.1 Å². The zero-order chi connectivity index (χ0) is 13.9. The van der Waals surface area contributed by atoms with Gasteiger partial charge in [0.2, 0.25) is 5.88 Å². The van der Waals surface area contributed by atoms with Crippen molar-refractivity contribution in [3.8, 4) is 5.88 Å². The fourth-order valence-corrected chi connectivity index (χ4v) is 2.56. The van der Waals surface area contributed by atoms with Gasteiger partial charge in [0.1, 0.15) is 6.61 Å². The van der Waals surface area contributed by atoms with Crippen molar-refractivity contribution in [2.24, 2.45) is 5.92 Å². The molecular weight excluding hydrogens is 256 g/mol. The molecule has 0 aliphatic heterocycles. The number of pyridine rings is 1. The molecule has 20 heavy (non-hydrogen) atoms. The molecule has 0 N–H and O–H groups in total. The lowest BCUT2D eigenvalue weighted by Crippen LogP contribution is -2.15. The molecule has 5 nitrogen and oxygen atoms in total. The number of aromatic nitrogens is 1. The molecule has 0 radical (unpaired) electrons. The summed E-state index contributed by atoms with van der Waals surface area (Å²) in [6.45, 7) is 0.232. The van der Waals surface area contributed by atoms with E-state index in [4.69, 9.17) is 4.74 Å². The molecule has 0 bridgehead atoms. The van der Waals surface area contributed by atoms with Crippen LogP contribution in [0.25, 0.3) is 0 Å². The highest BCUT2D eigenvalue weighted by Crippen LogP contribution is 2.43. The van der Waals surface area contributed by atoms with E-state index in [2.05, 4.69) is 11.1 Å². The van der Waals surface area contributed by atoms with Crippen LogP contribution in [0.1, 0.15) is 25.7 Å². The smallest absolute Gasteiger partial charge is 0.253 e. The standard InChI is InChI=1S/C15H16N2O3/c18-17(19)14-5-3-4-12(11-7-8-11)13(14)10-20-15-6-1-2-9-16-15/h1-2,4,6,9,11H,3,5,7-8,10H2. The van der Waals surface area contributed by atoms with Crippen LogP contribution in [-0.4, -0.2) is 16.5 Å². The van der Waals surface area contributed by atoms with E-state index in [1.54, 1.807) is 12.3 Å². The molecule has 1 heterocycles. The topological polar surface area (TPSA) is 65.3 Å². The Morgan fingerprint density at radius 2 is 2.25 bits per heavy atom. The minimum Gasteiger partial charge on any atom is -0.473 e. The van der Waals surface area contributed by atoms with Crippen molar-refractivity contribution in [1.29, 1.82) is 0 Å². The zero-order valence-corrected chi connectivity index (χ0v) is 11.1. The summed E-state index contributed by atoms with van der Waals surface area (Å²) in [6, 6.07) is 5.41. The highest BCUT2D eigenvalue weighted by Gasteiger charge is 2.34. The Hall–Kier alpha value is -2.17. The number of nitro groups is 1. The summed E-state index contributed by atoms with van der Waals surface area (Å²) >= 11 is 0. The maximum Gasteiger partial charge on any atom is 0.253 e. The Bertz CT molecular complexity index is 574.